The van der Waals surface area contributed by atoms with E-state index >= 15 is 0 Å². The van der Waals surface area contributed by atoms with Gasteiger partial charge in [-0.15, -0.1) is 0 Å². The van der Waals surface area contributed by atoms with E-state index in [1.807, 2.05) is 21.1 Å². The molecule has 0 heterocycles. The Hall–Kier alpha value is -2.55. The number of carbonyl (C=O) groups is 2. The second-order valence-electron chi connectivity index (χ2n) is 29.5. The average molecular weight is 1370 g/mol. The van der Waals surface area contributed by atoms with Crippen LogP contribution >= 0.6 is 7.82 Å². The van der Waals surface area contributed by atoms with E-state index in [2.05, 4.69) is 86.8 Å². The van der Waals surface area contributed by atoms with E-state index in [9.17, 15) is 19.0 Å². The fourth-order valence-electron chi connectivity index (χ4n) is 12.4. The summed E-state index contributed by atoms with van der Waals surface area (Å²) in [6.07, 6.45) is 105. The highest BCUT2D eigenvalue weighted by Gasteiger charge is 2.27. The van der Waals surface area contributed by atoms with Crippen LogP contribution in [0, 0.1) is 0 Å². The zero-order valence-corrected chi connectivity index (χ0v) is 65.3. The molecular weight excluding hydrogens is 1210 g/mol. The second-order valence-corrected chi connectivity index (χ2v) is 30.9. The Morgan fingerprint density at radius 1 is 0.333 bits per heavy atom. The molecule has 0 saturated carbocycles. The summed E-state index contributed by atoms with van der Waals surface area (Å²) in [5.74, 6) is -0.777. The first-order valence-electron chi connectivity index (χ1n) is 41.7. The van der Waals surface area contributed by atoms with Crippen LogP contribution in [0.1, 0.15) is 412 Å². The topological polar surface area (TPSA) is 108 Å². The van der Waals surface area contributed by atoms with Gasteiger partial charge in [0.2, 0.25) is 0 Å². The van der Waals surface area contributed by atoms with Crippen molar-refractivity contribution in [1.29, 1.82) is 0 Å². The van der Waals surface area contributed by atoms with Crippen molar-refractivity contribution in [2.75, 3.05) is 47.5 Å². The number of carbonyl (C=O) groups excluding carboxylic acids is 2. The van der Waals surface area contributed by atoms with Crippen LogP contribution in [-0.2, 0) is 32.7 Å². The van der Waals surface area contributed by atoms with Crippen molar-refractivity contribution in [3.63, 3.8) is 0 Å². The quantitative estimate of drug-likeness (QED) is 0.0211. The minimum Gasteiger partial charge on any atom is -0.462 e. The summed E-state index contributed by atoms with van der Waals surface area (Å²) in [7, 11) is 1.49. The Bertz CT molecular complexity index is 1850. The van der Waals surface area contributed by atoms with Crippen molar-refractivity contribution in [3.8, 4) is 0 Å². The van der Waals surface area contributed by atoms with Gasteiger partial charge in [-0.05, 0) is 64.2 Å². The van der Waals surface area contributed by atoms with Gasteiger partial charge in [-0.25, -0.2) is 4.57 Å². The molecule has 562 valence electrons. The van der Waals surface area contributed by atoms with Gasteiger partial charge in [0.15, 0.2) is 6.10 Å². The molecule has 10 heteroatoms. The Morgan fingerprint density at radius 3 is 0.885 bits per heavy atom. The van der Waals surface area contributed by atoms with Gasteiger partial charge in [0.25, 0.3) is 0 Å². The molecular formula is C86H161NO8P+. The van der Waals surface area contributed by atoms with Crippen LogP contribution in [0.4, 0.5) is 0 Å². The number of nitrogens with zero attached hydrogens (tertiary/aromatic N) is 1. The molecule has 0 spiro atoms. The van der Waals surface area contributed by atoms with E-state index in [0.717, 1.165) is 70.6 Å². The molecule has 0 aromatic rings. The van der Waals surface area contributed by atoms with Crippen molar-refractivity contribution < 1.29 is 42.1 Å². The van der Waals surface area contributed by atoms with Gasteiger partial charge in [0, 0.05) is 12.8 Å². The van der Waals surface area contributed by atoms with Gasteiger partial charge in [0.05, 0.1) is 27.7 Å². The number of esters is 2. The minimum absolute atomic E-state index is 0.0327. The van der Waals surface area contributed by atoms with Crippen molar-refractivity contribution in [1.82, 2.24) is 0 Å². The molecule has 0 rings (SSSR count). The normalized spacial score (nSPS) is 13.4. The molecule has 0 fully saturated rings. The van der Waals surface area contributed by atoms with Crippen LogP contribution in [0.5, 0.6) is 0 Å². The van der Waals surface area contributed by atoms with Crippen LogP contribution in [0.2, 0.25) is 0 Å². The summed E-state index contributed by atoms with van der Waals surface area (Å²) >= 11 is 0. The first-order chi connectivity index (χ1) is 47.0. The maximum absolute atomic E-state index is 12.9. The van der Waals surface area contributed by atoms with Crippen LogP contribution in [0.25, 0.3) is 0 Å². The minimum atomic E-state index is -4.40. The molecule has 0 radical (unpaired) electrons. The second kappa shape index (κ2) is 76.6. The van der Waals surface area contributed by atoms with E-state index in [-0.39, 0.29) is 25.6 Å². The number of quaternary nitrogens is 1. The number of phosphoric acid groups is 1. The molecule has 2 atom stereocenters. The highest BCUT2D eigenvalue weighted by atomic mass is 31.2. The maximum atomic E-state index is 12.9. The van der Waals surface area contributed by atoms with Crippen LogP contribution in [0.15, 0.2) is 72.9 Å². The fraction of sp³-hybridized carbons (Fsp3) is 0.837. The first-order valence-corrected chi connectivity index (χ1v) is 43.2. The molecule has 2 unspecified atom stereocenters. The zero-order valence-electron chi connectivity index (χ0n) is 64.4. The third kappa shape index (κ3) is 80.4. The summed E-state index contributed by atoms with van der Waals surface area (Å²) in [5, 5.41) is 0. The smallest absolute Gasteiger partial charge is 0.462 e. The molecule has 0 aliphatic carbocycles. The maximum Gasteiger partial charge on any atom is 0.472 e. The molecule has 0 saturated heterocycles. The van der Waals surface area contributed by atoms with Crippen LogP contribution in [0.3, 0.4) is 0 Å². The molecule has 0 amide bonds. The standard InChI is InChI=1S/C86H160NO8P/c1-6-8-10-12-14-16-18-20-22-24-26-28-30-32-34-36-38-40-42-43-45-46-48-50-52-54-56-58-60-62-64-66-68-70-72-74-76-78-85(88)92-82-84(83-94-96(90,91)93-81-80-87(3,4)5)95-86(89)79-77-75-73-71-69-67-65-63-61-59-57-55-53-51-49-47-44-41-39-37-35-33-31-29-27-25-23-21-19-17-15-13-11-9-7-2/h9,11,15,17,21,23,27,29,33,35,39,41,84H,6-8,10,12-14,16,18-20,22,24-26,28,30-32,34,36-38,40,42-83H2,1-5H3/p+1/b11-9-,17-15-,23-21-,29-27-,35-33-,41-39-. The third-order valence-corrected chi connectivity index (χ3v) is 19.7. The molecule has 9 nitrogen and oxygen atoms in total. The predicted molar refractivity (Wildman–Crippen MR) is 418 cm³/mol. The van der Waals surface area contributed by atoms with Gasteiger partial charge < -0.3 is 18.9 Å². The van der Waals surface area contributed by atoms with Crippen molar-refractivity contribution >= 4 is 19.8 Å². The number of phosphoric ester groups is 1. The number of hydrogen-bond donors (Lipinski definition) is 1. The monoisotopic (exact) mass is 1370 g/mol. The van der Waals surface area contributed by atoms with Crippen LogP contribution in [-0.4, -0.2) is 74.9 Å². The Morgan fingerprint density at radius 2 is 0.594 bits per heavy atom. The number of ether oxygens (including phenoxy) is 2. The summed E-state index contributed by atoms with van der Waals surface area (Å²) < 4.78 is 34.9. The van der Waals surface area contributed by atoms with Gasteiger partial charge in [-0.1, -0.05) is 408 Å². The van der Waals surface area contributed by atoms with Crippen molar-refractivity contribution in [2.45, 2.75) is 418 Å². The third-order valence-electron chi connectivity index (χ3n) is 18.8. The van der Waals surface area contributed by atoms with Gasteiger partial charge in [-0.2, -0.15) is 0 Å². The van der Waals surface area contributed by atoms with Crippen molar-refractivity contribution in [3.05, 3.63) is 72.9 Å². The lowest BCUT2D eigenvalue weighted by Gasteiger charge is -2.24. The lowest BCUT2D eigenvalue weighted by atomic mass is 10.0. The van der Waals surface area contributed by atoms with Gasteiger partial charge in [-0.3, -0.25) is 18.6 Å². The average Bonchev–Trinajstić information content (AvgIpc) is 2.74. The van der Waals surface area contributed by atoms with E-state index in [1.54, 1.807) is 0 Å². The Labute approximate surface area is 597 Å². The Balaban J connectivity index is 3.90. The highest BCUT2D eigenvalue weighted by molar-refractivity contribution is 7.47. The summed E-state index contributed by atoms with van der Waals surface area (Å²) in [5.41, 5.74) is 0. The number of unbranched alkanes of at least 4 members (excludes halogenated alkanes) is 52. The van der Waals surface area contributed by atoms with Gasteiger partial charge >= 0.3 is 19.8 Å². The van der Waals surface area contributed by atoms with E-state index in [0.29, 0.717) is 23.9 Å². The molecule has 0 aromatic heterocycles. The summed E-state index contributed by atoms with van der Waals surface area (Å²) in [4.78, 5) is 36.0. The summed E-state index contributed by atoms with van der Waals surface area (Å²) in [6.45, 7) is 4.39. The summed E-state index contributed by atoms with van der Waals surface area (Å²) in [6, 6.07) is 0. The predicted octanol–water partition coefficient (Wildman–Crippen LogP) is 27.8. The van der Waals surface area contributed by atoms with Crippen molar-refractivity contribution in [2.24, 2.45) is 0 Å². The van der Waals surface area contributed by atoms with Gasteiger partial charge in [0.1, 0.15) is 19.8 Å². The lowest BCUT2D eigenvalue weighted by Crippen LogP contribution is -2.37. The number of allylic oxidation sites excluding steroid dienone is 12. The molecule has 0 bridgehead atoms. The molecule has 1 N–H and O–H groups in total. The highest BCUT2D eigenvalue weighted by Crippen LogP contribution is 2.43. The molecule has 96 heavy (non-hydrogen) atoms. The zero-order chi connectivity index (χ0) is 69.7. The van der Waals surface area contributed by atoms with Crippen LogP contribution < -0.4 is 0 Å². The Kier molecular flexibility index (Phi) is 74.6. The fourth-order valence-corrected chi connectivity index (χ4v) is 13.2. The lowest BCUT2D eigenvalue weighted by molar-refractivity contribution is -0.870. The first kappa shape index (κ1) is 93.5. The number of rotatable bonds is 78. The molecule has 0 aliphatic heterocycles. The molecule has 0 aromatic carbocycles. The number of hydrogen-bond acceptors (Lipinski definition) is 7. The molecule has 0 aliphatic rings. The van der Waals surface area contributed by atoms with E-state index in [1.165, 1.54) is 308 Å². The number of likely N-dealkylation sites (N-methyl/N-ethyl adjacent to an activating group) is 1. The van der Waals surface area contributed by atoms with E-state index < -0.39 is 26.5 Å². The largest absolute Gasteiger partial charge is 0.472 e. The van der Waals surface area contributed by atoms with E-state index in [4.69, 9.17) is 18.5 Å². The SMILES string of the molecule is CC/C=C\C/C=C\C/C=C\C/C=C\C/C=C\C/C=C\CCCCCCCCCCCCCCCCCCC(=O)OC(COC(=O)CCCCCCCCCCCCCCCCCCCCCCCCCCCCCCCCCCCCCCC)COP(=O)(O)OCC[N+](C)(C)C.